The first kappa shape index (κ1) is 23.0. The Morgan fingerprint density at radius 3 is 1.59 bits per heavy atom. The number of benzene rings is 4. The SMILES string of the molecule is O=C1OC2C(=C1O)OC(c1ccccc1)OC2OC(c1ccccc1)(c1ccccc1)c1ccccc1. The third-order valence-electron chi connectivity index (χ3n) is 6.56. The van der Waals surface area contributed by atoms with Crippen LogP contribution in [0, 0.1) is 0 Å². The molecule has 37 heavy (non-hydrogen) atoms. The Morgan fingerprint density at radius 1 is 0.649 bits per heavy atom. The smallest absolute Gasteiger partial charge is 0.378 e. The first-order valence-electron chi connectivity index (χ1n) is 12.0. The Morgan fingerprint density at radius 2 is 1.11 bits per heavy atom. The van der Waals surface area contributed by atoms with E-state index in [1.807, 2.05) is 121 Å². The van der Waals surface area contributed by atoms with Gasteiger partial charge in [0.25, 0.3) is 0 Å². The molecule has 1 saturated heterocycles. The molecular weight excluding hydrogens is 468 g/mol. The molecule has 0 saturated carbocycles. The monoisotopic (exact) mass is 492 g/mol. The Labute approximate surface area is 214 Å². The van der Waals surface area contributed by atoms with E-state index < -0.39 is 36.0 Å². The fraction of sp³-hybridized carbons (Fsp3) is 0.129. The average Bonchev–Trinajstić information content (AvgIpc) is 3.26. The molecule has 0 aromatic heterocycles. The second-order valence-electron chi connectivity index (χ2n) is 8.80. The molecule has 3 atom stereocenters. The zero-order chi connectivity index (χ0) is 25.2. The number of hydrogen-bond donors (Lipinski definition) is 1. The molecule has 2 aliphatic heterocycles. The first-order chi connectivity index (χ1) is 18.2. The molecular formula is C31H24O6. The van der Waals surface area contributed by atoms with Crippen molar-refractivity contribution in [3.63, 3.8) is 0 Å². The molecule has 4 aromatic rings. The van der Waals surface area contributed by atoms with E-state index in [1.165, 1.54) is 0 Å². The molecule has 2 aliphatic rings. The molecule has 6 nitrogen and oxygen atoms in total. The van der Waals surface area contributed by atoms with Gasteiger partial charge in [0.05, 0.1) is 0 Å². The van der Waals surface area contributed by atoms with E-state index >= 15 is 0 Å². The molecule has 6 rings (SSSR count). The quantitative estimate of drug-likeness (QED) is 0.272. The molecule has 184 valence electrons. The molecule has 0 radical (unpaired) electrons. The lowest BCUT2D eigenvalue weighted by Gasteiger charge is -2.42. The van der Waals surface area contributed by atoms with Crippen LogP contribution in [0.1, 0.15) is 28.5 Å². The van der Waals surface area contributed by atoms with Crippen LogP contribution in [0.3, 0.4) is 0 Å². The summed E-state index contributed by atoms with van der Waals surface area (Å²) >= 11 is 0. The highest BCUT2D eigenvalue weighted by Crippen LogP contribution is 2.46. The number of rotatable bonds is 6. The zero-order valence-corrected chi connectivity index (χ0v) is 19.8. The summed E-state index contributed by atoms with van der Waals surface area (Å²) in [4.78, 5) is 12.4. The zero-order valence-electron chi connectivity index (χ0n) is 19.8. The van der Waals surface area contributed by atoms with Gasteiger partial charge < -0.3 is 24.1 Å². The third-order valence-corrected chi connectivity index (χ3v) is 6.56. The Hall–Kier alpha value is -4.39. The second-order valence-corrected chi connectivity index (χ2v) is 8.80. The van der Waals surface area contributed by atoms with Crippen LogP contribution in [-0.2, 0) is 29.3 Å². The molecule has 0 aliphatic carbocycles. The molecule has 0 bridgehead atoms. The lowest BCUT2D eigenvalue weighted by molar-refractivity contribution is -0.319. The van der Waals surface area contributed by atoms with Crippen molar-refractivity contribution in [1.82, 2.24) is 0 Å². The minimum absolute atomic E-state index is 0.00168. The third kappa shape index (κ3) is 4.06. The van der Waals surface area contributed by atoms with Crippen molar-refractivity contribution in [2.75, 3.05) is 0 Å². The van der Waals surface area contributed by atoms with Crippen molar-refractivity contribution in [1.29, 1.82) is 0 Å². The fourth-order valence-corrected chi connectivity index (χ4v) is 4.84. The van der Waals surface area contributed by atoms with E-state index in [2.05, 4.69) is 0 Å². The van der Waals surface area contributed by atoms with Gasteiger partial charge in [-0.2, -0.15) is 0 Å². The van der Waals surface area contributed by atoms with Crippen LogP contribution in [0.15, 0.2) is 133 Å². The molecule has 1 N–H and O–H groups in total. The van der Waals surface area contributed by atoms with E-state index in [4.69, 9.17) is 18.9 Å². The maximum Gasteiger partial charge on any atom is 0.378 e. The summed E-state index contributed by atoms with van der Waals surface area (Å²) in [6.07, 6.45) is -3.11. The fourth-order valence-electron chi connectivity index (χ4n) is 4.84. The molecule has 0 spiro atoms. The molecule has 4 aromatic carbocycles. The van der Waals surface area contributed by atoms with Crippen molar-refractivity contribution in [3.05, 3.63) is 155 Å². The number of aliphatic hydroxyl groups excluding tert-OH is 1. The second kappa shape index (κ2) is 9.58. The highest BCUT2D eigenvalue weighted by atomic mass is 16.8. The van der Waals surface area contributed by atoms with Gasteiger partial charge in [0.2, 0.25) is 24.4 Å². The topological polar surface area (TPSA) is 74.2 Å². The van der Waals surface area contributed by atoms with Crippen LogP contribution >= 0.6 is 0 Å². The standard InChI is InChI=1S/C31H24O6/c32-25-26-27(34-28(25)33)30(36-29(35-26)21-13-5-1-6-14-21)37-31(22-15-7-2-8-16-22,23-17-9-3-10-18-23)24-19-11-4-12-20-24/h1-20,27,29-30,32H. The van der Waals surface area contributed by atoms with Gasteiger partial charge in [-0.15, -0.1) is 0 Å². The normalized spacial score (nSPS) is 21.2. The summed E-state index contributed by atoms with van der Waals surface area (Å²) in [5.74, 6) is -1.46. The van der Waals surface area contributed by atoms with Crippen molar-refractivity contribution in [2.45, 2.75) is 24.3 Å². The van der Waals surface area contributed by atoms with Crippen LogP contribution in [0.2, 0.25) is 0 Å². The molecule has 1 fully saturated rings. The number of ether oxygens (including phenoxy) is 4. The van der Waals surface area contributed by atoms with Gasteiger partial charge in [0, 0.05) is 5.56 Å². The van der Waals surface area contributed by atoms with Crippen LogP contribution in [0.25, 0.3) is 0 Å². The van der Waals surface area contributed by atoms with Gasteiger partial charge >= 0.3 is 5.97 Å². The summed E-state index contributed by atoms with van der Waals surface area (Å²) < 4.78 is 24.7. The highest BCUT2D eigenvalue weighted by Gasteiger charge is 2.52. The molecule has 0 amide bonds. The summed E-state index contributed by atoms with van der Waals surface area (Å²) in [5.41, 5.74) is 2.15. The van der Waals surface area contributed by atoms with Crippen molar-refractivity contribution in [3.8, 4) is 0 Å². The maximum atomic E-state index is 12.4. The predicted molar refractivity (Wildman–Crippen MR) is 135 cm³/mol. The minimum Gasteiger partial charge on any atom is -0.499 e. The molecule has 2 heterocycles. The van der Waals surface area contributed by atoms with Crippen LogP contribution in [-0.4, -0.2) is 23.5 Å². The number of carbonyl (C=O) groups is 1. The van der Waals surface area contributed by atoms with E-state index in [-0.39, 0.29) is 5.76 Å². The summed E-state index contributed by atoms with van der Waals surface area (Å²) in [7, 11) is 0. The number of hydrogen-bond acceptors (Lipinski definition) is 6. The number of esters is 1. The lowest BCUT2D eigenvalue weighted by Crippen LogP contribution is -2.47. The summed E-state index contributed by atoms with van der Waals surface area (Å²) in [5, 5.41) is 10.5. The van der Waals surface area contributed by atoms with Crippen LogP contribution < -0.4 is 0 Å². The predicted octanol–water partition coefficient (Wildman–Crippen LogP) is 5.76. The largest absolute Gasteiger partial charge is 0.499 e. The van der Waals surface area contributed by atoms with Gasteiger partial charge in [0.15, 0.2) is 5.76 Å². The Kier molecular flexibility index (Phi) is 5.96. The maximum absolute atomic E-state index is 12.4. The summed E-state index contributed by atoms with van der Waals surface area (Å²) in [6.45, 7) is 0. The van der Waals surface area contributed by atoms with Crippen LogP contribution in [0.5, 0.6) is 0 Å². The number of fused-ring (bicyclic) bond motifs is 1. The highest BCUT2D eigenvalue weighted by molar-refractivity contribution is 5.89. The van der Waals surface area contributed by atoms with E-state index in [9.17, 15) is 9.90 Å². The van der Waals surface area contributed by atoms with E-state index in [0.29, 0.717) is 5.56 Å². The first-order valence-corrected chi connectivity index (χ1v) is 12.0. The lowest BCUT2D eigenvalue weighted by atomic mass is 9.80. The Bertz CT molecular complexity index is 1310. The van der Waals surface area contributed by atoms with Gasteiger partial charge in [-0.3, -0.25) is 0 Å². The molecule has 6 heteroatoms. The van der Waals surface area contributed by atoms with Crippen molar-refractivity contribution in [2.24, 2.45) is 0 Å². The van der Waals surface area contributed by atoms with Gasteiger partial charge in [-0.1, -0.05) is 121 Å². The molecule has 3 unspecified atom stereocenters. The van der Waals surface area contributed by atoms with Gasteiger partial charge in [0.1, 0.15) is 5.60 Å². The summed E-state index contributed by atoms with van der Waals surface area (Å²) in [6, 6.07) is 38.7. The average molecular weight is 493 g/mol. The Balaban J connectivity index is 1.52. The minimum atomic E-state index is -1.14. The van der Waals surface area contributed by atoms with E-state index in [0.717, 1.165) is 16.7 Å². The van der Waals surface area contributed by atoms with Crippen LogP contribution in [0.4, 0.5) is 0 Å². The van der Waals surface area contributed by atoms with Gasteiger partial charge in [-0.05, 0) is 16.7 Å². The van der Waals surface area contributed by atoms with Gasteiger partial charge in [-0.25, -0.2) is 4.79 Å². The van der Waals surface area contributed by atoms with Crippen molar-refractivity contribution < 1.29 is 28.8 Å². The number of carbonyl (C=O) groups excluding carboxylic acids is 1. The number of aliphatic hydroxyl groups is 1. The van der Waals surface area contributed by atoms with Crippen molar-refractivity contribution >= 4 is 5.97 Å². The van der Waals surface area contributed by atoms with E-state index in [1.54, 1.807) is 0 Å².